The van der Waals surface area contributed by atoms with Crippen molar-refractivity contribution in [3.63, 3.8) is 0 Å². The Bertz CT molecular complexity index is 309. The summed E-state index contributed by atoms with van der Waals surface area (Å²) in [5, 5.41) is 14.4. The summed E-state index contributed by atoms with van der Waals surface area (Å²) in [5.41, 5.74) is 4.70. The second-order valence-corrected chi connectivity index (χ2v) is 6.35. The van der Waals surface area contributed by atoms with E-state index in [-0.39, 0.29) is 16.5 Å². The molecule has 0 radical (unpaired) electrons. The van der Waals surface area contributed by atoms with Crippen LogP contribution in [0, 0.1) is 0 Å². The number of amidine groups is 1. The lowest BCUT2D eigenvalue weighted by molar-refractivity contribution is -0.124. The number of carbonyl (C=O) groups excluding carboxylic acids is 1. The zero-order valence-electron chi connectivity index (χ0n) is 9.91. The molecule has 92 valence electrons. The van der Waals surface area contributed by atoms with Gasteiger partial charge in [-0.05, 0) is 39.4 Å². The highest BCUT2D eigenvalue weighted by atomic mass is 32.2. The third-order valence-corrected chi connectivity index (χ3v) is 4.39. The van der Waals surface area contributed by atoms with Gasteiger partial charge in [-0.2, -0.15) is 0 Å². The van der Waals surface area contributed by atoms with E-state index in [0.717, 1.165) is 18.6 Å². The predicted molar refractivity (Wildman–Crippen MR) is 65.7 cm³/mol. The lowest BCUT2D eigenvalue weighted by Crippen LogP contribution is -2.57. The number of nitrogens with one attached hydrogen (secondary N) is 1. The van der Waals surface area contributed by atoms with Gasteiger partial charge in [0.05, 0.1) is 10.3 Å². The minimum atomic E-state index is -0.821. The zero-order chi connectivity index (χ0) is 12.4. The molecule has 4 N–H and O–H groups in total. The quantitative estimate of drug-likeness (QED) is 0.298. The molecule has 1 unspecified atom stereocenters. The summed E-state index contributed by atoms with van der Waals surface area (Å²) in [4.78, 5) is 12.1. The highest BCUT2D eigenvalue weighted by Gasteiger charge is 2.40. The van der Waals surface area contributed by atoms with E-state index in [1.54, 1.807) is 25.6 Å². The minimum absolute atomic E-state index is 0.00690. The van der Waals surface area contributed by atoms with Crippen molar-refractivity contribution in [2.45, 2.75) is 43.9 Å². The van der Waals surface area contributed by atoms with E-state index in [0.29, 0.717) is 0 Å². The molecule has 0 aromatic heterocycles. The Labute approximate surface area is 99.8 Å². The van der Waals surface area contributed by atoms with Gasteiger partial charge in [0.25, 0.3) is 0 Å². The van der Waals surface area contributed by atoms with E-state index >= 15 is 0 Å². The molecule has 1 aliphatic heterocycles. The Balaban J connectivity index is 2.70. The molecule has 5 nitrogen and oxygen atoms in total. The number of hydrogen-bond donors (Lipinski definition) is 3. The molecule has 6 heteroatoms. The summed E-state index contributed by atoms with van der Waals surface area (Å²) in [7, 11) is 0. The molecule has 0 saturated carbocycles. The van der Waals surface area contributed by atoms with Crippen LogP contribution in [0.4, 0.5) is 0 Å². The summed E-state index contributed by atoms with van der Waals surface area (Å²) in [6.07, 6.45) is 1.92. The molecule has 1 fully saturated rings. The van der Waals surface area contributed by atoms with Crippen molar-refractivity contribution in [1.29, 1.82) is 0 Å². The lowest BCUT2D eigenvalue weighted by atomic mass is 9.99. The van der Waals surface area contributed by atoms with Gasteiger partial charge in [-0.3, -0.25) is 4.79 Å². The van der Waals surface area contributed by atoms with E-state index in [4.69, 9.17) is 10.9 Å². The normalized spacial score (nSPS) is 26.8. The number of amides is 1. The minimum Gasteiger partial charge on any atom is -0.409 e. The molecule has 1 aliphatic rings. The topological polar surface area (TPSA) is 87.7 Å². The van der Waals surface area contributed by atoms with E-state index in [1.165, 1.54) is 0 Å². The van der Waals surface area contributed by atoms with E-state index in [2.05, 4.69) is 10.5 Å². The van der Waals surface area contributed by atoms with Crippen LogP contribution < -0.4 is 11.1 Å². The Hall–Kier alpha value is -0.910. The first-order valence-corrected chi connectivity index (χ1v) is 6.25. The Kier molecular flexibility index (Phi) is 3.72. The molecule has 1 heterocycles. The first-order chi connectivity index (χ1) is 7.32. The number of carbonyl (C=O) groups is 1. The molecule has 1 amide bonds. The van der Waals surface area contributed by atoms with Crippen molar-refractivity contribution in [2.75, 3.05) is 5.75 Å². The summed E-state index contributed by atoms with van der Waals surface area (Å²) < 4.78 is -0.382. The van der Waals surface area contributed by atoms with E-state index in [1.807, 2.05) is 6.92 Å². The SMILES string of the molecule is CC(C)(NC(=O)C1(C)CCCS1)C(N)=NO. The fourth-order valence-corrected chi connectivity index (χ4v) is 2.77. The average Bonchev–Trinajstić information content (AvgIpc) is 2.64. The first kappa shape index (κ1) is 13.2. The van der Waals surface area contributed by atoms with Gasteiger partial charge in [0.2, 0.25) is 5.91 Å². The van der Waals surface area contributed by atoms with Crippen molar-refractivity contribution in [2.24, 2.45) is 10.9 Å². The maximum atomic E-state index is 12.1. The van der Waals surface area contributed by atoms with Crippen LogP contribution in [0.3, 0.4) is 0 Å². The number of oxime groups is 1. The summed E-state index contributed by atoms with van der Waals surface area (Å²) in [6, 6.07) is 0. The Morgan fingerprint density at radius 3 is 2.69 bits per heavy atom. The van der Waals surface area contributed by atoms with Gasteiger partial charge in [0, 0.05) is 0 Å². The largest absolute Gasteiger partial charge is 0.409 e. The van der Waals surface area contributed by atoms with Gasteiger partial charge in [-0.1, -0.05) is 5.16 Å². The monoisotopic (exact) mass is 245 g/mol. The molecule has 16 heavy (non-hydrogen) atoms. The van der Waals surface area contributed by atoms with Crippen LogP contribution in [0.2, 0.25) is 0 Å². The molecule has 0 bridgehead atoms. The van der Waals surface area contributed by atoms with Crippen LogP contribution in [0.1, 0.15) is 33.6 Å². The van der Waals surface area contributed by atoms with Gasteiger partial charge in [-0.15, -0.1) is 11.8 Å². The van der Waals surface area contributed by atoms with Crippen molar-refractivity contribution in [3.8, 4) is 0 Å². The van der Waals surface area contributed by atoms with Gasteiger partial charge in [-0.25, -0.2) is 0 Å². The highest BCUT2D eigenvalue weighted by molar-refractivity contribution is 8.01. The molecular weight excluding hydrogens is 226 g/mol. The smallest absolute Gasteiger partial charge is 0.236 e. The van der Waals surface area contributed by atoms with Crippen molar-refractivity contribution >= 4 is 23.5 Å². The summed E-state index contributed by atoms with van der Waals surface area (Å²) in [5.74, 6) is 0.965. The van der Waals surface area contributed by atoms with Crippen LogP contribution >= 0.6 is 11.8 Å². The molecule has 0 spiro atoms. The molecule has 1 saturated heterocycles. The first-order valence-electron chi connectivity index (χ1n) is 5.26. The van der Waals surface area contributed by atoms with Crippen LogP contribution in [0.25, 0.3) is 0 Å². The third-order valence-electron chi connectivity index (χ3n) is 2.87. The maximum absolute atomic E-state index is 12.1. The number of rotatable bonds is 3. The number of thioether (sulfide) groups is 1. The van der Waals surface area contributed by atoms with Crippen molar-refractivity contribution in [3.05, 3.63) is 0 Å². The average molecular weight is 245 g/mol. The molecular formula is C10H19N3O2S. The zero-order valence-corrected chi connectivity index (χ0v) is 10.7. The maximum Gasteiger partial charge on any atom is 0.236 e. The highest BCUT2D eigenvalue weighted by Crippen LogP contribution is 2.38. The Morgan fingerprint density at radius 2 is 2.25 bits per heavy atom. The molecule has 0 aromatic rings. The predicted octanol–water partition coefficient (Wildman–Crippen LogP) is 0.913. The van der Waals surface area contributed by atoms with Crippen LogP contribution in [0.15, 0.2) is 5.16 Å². The molecule has 1 atom stereocenters. The fraction of sp³-hybridized carbons (Fsp3) is 0.800. The van der Waals surface area contributed by atoms with Crippen LogP contribution in [0.5, 0.6) is 0 Å². The van der Waals surface area contributed by atoms with Gasteiger partial charge < -0.3 is 16.3 Å². The second-order valence-electron chi connectivity index (χ2n) is 4.75. The Morgan fingerprint density at radius 1 is 1.62 bits per heavy atom. The van der Waals surface area contributed by atoms with E-state index < -0.39 is 5.54 Å². The number of nitrogens with two attached hydrogens (primary N) is 1. The van der Waals surface area contributed by atoms with Crippen LogP contribution in [-0.2, 0) is 4.79 Å². The van der Waals surface area contributed by atoms with E-state index in [9.17, 15) is 4.79 Å². The number of hydrogen-bond acceptors (Lipinski definition) is 4. The lowest BCUT2D eigenvalue weighted by Gasteiger charge is -2.30. The standard InChI is InChI=1S/C10H19N3O2S/c1-9(2,7(11)13-15)12-8(14)10(3)5-4-6-16-10/h15H,4-6H2,1-3H3,(H2,11,13)(H,12,14). The fourth-order valence-electron chi connectivity index (χ4n) is 1.56. The van der Waals surface area contributed by atoms with Crippen LogP contribution in [-0.4, -0.2) is 33.0 Å². The van der Waals surface area contributed by atoms with Gasteiger partial charge >= 0.3 is 0 Å². The van der Waals surface area contributed by atoms with Crippen molar-refractivity contribution < 1.29 is 10.0 Å². The summed E-state index contributed by atoms with van der Waals surface area (Å²) >= 11 is 1.66. The molecule has 1 rings (SSSR count). The van der Waals surface area contributed by atoms with Gasteiger partial charge in [0.15, 0.2) is 5.84 Å². The molecule has 0 aromatic carbocycles. The summed E-state index contributed by atoms with van der Waals surface area (Å²) in [6.45, 7) is 5.36. The van der Waals surface area contributed by atoms with Gasteiger partial charge in [0.1, 0.15) is 0 Å². The number of nitrogens with zero attached hydrogens (tertiary/aromatic N) is 1. The second kappa shape index (κ2) is 4.53. The van der Waals surface area contributed by atoms with Crippen molar-refractivity contribution in [1.82, 2.24) is 5.32 Å². The molecule has 0 aliphatic carbocycles. The third kappa shape index (κ3) is 2.61.